The number of nitrogens with zero attached hydrogens (tertiary/aromatic N) is 1. The molecule has 0 aromatic carbocycles. The molecule has 1 fully saturated rings. The van der Waals surface area contributed by atoms with Crippen LogP contribution in [-0.4, -0.2) is 29.4 Å². The van der Waals surface area contributed by atoms with E-state index in [1.54, 1.807) is 0 Å². The van der Waals surface area contributed by atoms with Gasteiger partial charge >= 0.3 is 0 Å². The van der Waals surface area contributed by atoms with Crippen molar-refractivity contribution in [1.29, 1.82) is 0 Å². The van der Waals surface area contributed by atoms with E-state index in [0.29, 0.717) is 12.0 Å². The minimum atomic E-state index is -0.329. The fourth-order valence-electron chi connectivity index (χ4n) is 2.24. The number of amides is 1. The molecule has 0 aromatic heterocycles. The molecule has 3 heteroatoms. The summed E-state index contributed by atoms with van der Waals surface area (Å²) in [5.41, 5.74) is 5.91. The lowest BCUT2D eigenvalue weighted by Gasteiger charge is -2.31. The molecule has 1 heterocycles. The van der Waals surface area contributed by atoms with Gasteiger partial charge in [-0.05, 0) is 24.7 Å². The molecule has 1 aliphatic heterocycles. The van der Waals surface area contributed by atoms with Crippen LogP contribution in [0.5, 0.6) is 0 Å². The number of carbonyl (C=O) groups excluding carboxylic acids is 1. The minimum absolute atomic E-state index is 0.140. The predicted octanol–water partition coefficient (Wildman–Crippen LogP) is 1.62. The molecule has 0 spiro atoms. The number of hydrogen-bond donors (Lipinski definition) is 1. The second-order valence-corrected chi connectivity index (χ2v) is 5.26. The fraction of sp³-hybridized carbons (Fsp3) is 0.917. The zero-order valence-electron chi connectivity index (χ0n) is 10.4. The molecule has 15 heavy (non-hydrogen) atoms. The van der Waals surface area contributed by atoms with Crippen molar-refractivity contribution in [1.82, 2.24) is 4.90 Å². The van der Waals surface area contributed by atoms with Crippen LogP contribution in [0.2, 0.25) is 0 Å². The molecule has 2 N–H and O–H groups in total. The summed E-state index contributed by atoms with van der Waals surface area (Å²) >= 11 is 0. The summed E-state index contributed by atoms with van der Waals surface area (Å²) in [6, 6.07) is 0.0756. The van der Waals surface area contributed by atoms with Crippen LogP contribution in [0.4, 0.5) is 0 Å². The van der Waals surface area contributed by atoms with Gasteiger partial charge in [-0.15, -0.1) is 0 Å². The summed E-state index contributed by atoms with van der Waals surface area (Å²) in [5.74, 6) is 0.905. The van der Waals surface area contributed by atoms with Crippen molar-refractivity contribution < 1.29 is 4.79 Å². The Morgan fingerprint density at radius 2 is 1.93 bits per heavy atom. The second kappa shape index (κ2) is 4.97. The molecular weight excluding hydrogens is 188 g/mol. The average Bonchev–Trinajstić information content (AvgIpc) is 2.63. The maximum absolute atomic E-state index is 12.1. The third-order valence-corrected chi connectivity index (χ3v) is 3.36. The van der Waals surface area contributed by atoms with Crippen molar-refractivity contribution in [3.63, 3.8) is 0 Å². The van der Waals surface area contributed by atoms with Gasteiger partial charge in [0.2, 0.25) is 5.91 Å². The van der Waals surface area contributed by atoms with Crippen LogP contribution in [0, 0.1) is 11.8 Å². The van der Waals surface area contributed by atoms with Crippen molar-refractivity contribution in [2.24, 2.45) is 17.6 Å². The number of rotatable bonds is 3. The molecule has 1 saturated heterocycles. The van der Waals surface area contributed by atoms with Gasteiger partial charge in [0.05, 0.1) is 6.04 Å². The average molecular weight is 212 g/mol. The van der Waals surface area contributed by atoms with Crippen LogP contribution in [0.15, 0.2) is 0 Å². The predicted molar refractivity (Wildman–Crippen MR) is 62.4 cm³/mol. The Morgan fingerprint density at radius 1 is 1.33 bits per heavy atom. The third-order valence-electron chi connectivity index (χ3n) is 3.36. The first kappa shape index (κ1) is 12.5. The normalized spacial score (nSPS) is 23.9. The maximum Gasteiger partial charge on any atom is 0.240 e. The Kier molecular flexibility index (Phi) is 4.14. The minimum Gasteiger partial charge on any atom is -0.338 e. The van der Waals surface area contributed by atoms with E-state index in [1.165, 1.54) is 0 Å². The van der Waals surface area contributed by atoms with E-state index >= 15 is 0 Å². The second-order valence-electron chi connectivity index (χ2n) is 5.26. The molecule has 0 bridgehead atoms. The zero-order chi connectivity index (χ0) is 11.6. The summed E-state index contributed by atoms with van der Waals surface area (Å²) in [4.78, 5) is 14.1. The van der Waals surface area contributed by atoms with E-state index in [-0.39, 0.29) is 17.9 Å². The highest BCUT2D eigenvalue weighted by Crippen LogP contribution is 2.24. The molecule has 2 atom stereocenters. The van der Waals surface area contributed by atoms with Crippen molar-refractivity contribution in [3.8, 4) is 0 Å². The molecular formula is C12H24N2O. The largest absolute Gasteiger partial charge is 0.338 e. The topological polar surface area (TPSA) is 46.3 Å². The summed E-state index contributed by atoms with van der Waals surface area (Å²) in [6.07, 6.45) is 2.26. The lowest BCUT2D eigenvalue weighted by molar-refractivity contribution is -0.135. The molecule has 0 saturated carbocycles. The molecule has 1 aliphatic rings. The van der Waals surface area contributed by atoms with Gasteiger partial charge in [-0.25, -0.2) is 0 Å². The third kappa shape index (κ3) is 2.71. The first-order valence-electron chi connectivity index (χ1n) is 6.01. The van der Waals surface area contributed by atoms with Crippen LogP contribution in [0.25, 0.3) is 0 Å². The van der Waals surface area contributed by atoms with Gasteiger partial charge in [0.25, 0.3) is 0 Å². The summed E-state index contributed by atoms with van der Waals surface area (Å²) in [6.45, 7) is 9.25. The molecule has 1 unspecified atom stereocenters. The molecule has 0 aromatic rings. The fourth-order valence-corrected chi connectivity index (χ4v) is 2.24. The van der Waals surface area contributed by atoms with E-state index in [0.717, 1.165) is 19.4 Å². The van der Waals surface area contributed by atoms with Gasteiger partial charge in [0.1, 0.15) is 0 Å². The van der Waals surface area contributed by atoms with Gasteiger partial charge in [-0.1, -0.05) is 27.7 Å². The molecule has 88 valence electrons. The molecule has 3 nitrogen and oxygen atoms in total. The molecule has 1 amide bonds. The van der Waals surface area contributed by atoms with Gasteiger partial charge in [-0.2, -0.15) is 0 Å². The van der Waals surface area contributed by atoms with Gasteiger partial charge < -0.3 is 10.6 Å². The van der Waals surface area contributed by atoms with Crippen molar-refractivity contribution >= 4 is 5.91 Å². The van der Waals surface area contributed by atoms with E-state index in [2.05, 4.69) is 13.8 Å². The van der Waals surface area contributed by atoms with Crippen LogP contribution < -0.4 is 5.73 Å². The summed E-state index contributed by atoms with van der Waals surface area (Å²) < 4.78 is 0. The SMILES string of the molecule is CC(C)C1CCCN1C(=O)[C@H](N)C(C)C. The number of carbonyl (C=O) groups is 1. The molecule has 0 radical (unpaired) electrons. The smallest absolute Gasteiger partial charge is 0.240 e. The van der Waals surface area contributed by atoms with Crippen molar-refractivity contribution in [2.75, 3.05) is 6.54 Å². The Balaban J connectivity index is 2.66. The van der Waals surface area contributed by atoms with Crippen LogP contribution in [0.3, 0.4) is 0 Å². The van der Waals surface area contributed by atoms with Gasteiger partial charge in [0.15, 0.2) is 0 Å². The van der Waals surface area contributed by atoms with E-state index < -0.39 is 0 Å². The Bertz CT molecular complexity index is 226. The van der Waals surface area contributed by atoms with Crippen LogP contribution >= 0.6 is 0 Å². The standard InChI is InChI=1S/C12H24N2O/c1-8(2)10-6-5-7-14(10)12(15)11(13)9(3)4/h8-11H,5-7,13H2,1-4H3/t10?,11-/m1/s1. The maximum atomic E-state index is 12.1. The number of likely N-dealkylation sites (tertiary alicyclic amines) is 1. The Hall–Kier alpha value is -0.570. The first-order chi connectivity index (χ1) is 6.95. The lowest BCUT2D eigenvalue weighted by atomic mass is 9.99. The summed E-state index contributed by atoms with van der Waals surface area (Å²) in [5, 5.41) is 0. The summed E-state index contributed by atoms with van der Waals surface area (Å²) in [7, 11) is 0. The van der Waals surface area contributed by atoms with Crippen molar-refractivity contribution in [3.05, 3.63) is 0 Å². The highest BCUT2D eigenvalue weighted by Gasteiger charge is 2.33. The van der Waals surface area contributed by atoms with Gasteiger partial charge in [0, 0.05) is 12.6 Å². The van der Waals surface area contributed by atoms with Crippen molar-refractivity contribution in [2.45, 2.75) is 52.6 Å². The molecule has 0 aliphatic carbocycles. The first-order valence-corrected chi connectivity index (χ1v) is 6.01. The van der Waals surface area contributed by atoms with E-state index in [4.69, 9.17) is 5.73 Å². The van der Waals surface area contributed by atoms with Crippen LogP contribution in [-0.2, 0) is 4.79 Å². The highest BCUT2D eigenvalue weighted by atomic mass is 16.2. The highest BCUT2D eigenvalue weighted by molar-refractivity contribution is 5.82. The zero-order valence-corrected chi connectivity index (χ0v) is 10.4. The lowest BCUT2D eigenvalue weighted by Crippen LogP contribution is -2.49. The number of nitrogens with two attached hydrogens (primary N) is 1. The molecule has 1 rings (SSSR count). The van der Waals surface area contributed by atoms with Gasteiger partial charge in [-0.3, -0.25) is 4.79 Å². The van der Waals surface area contributed by atoms with E-state index in [1.807, 2.05) is 18.7 Å². The number of hydrogen-bond acceptors (Lipinski definition) is 2. The Labute approximate surface area is 93.0 Å². The van der Waals surface area contributed by atoms with E-state index in [9.17, 15) is 4.79 Å². The Morgan fingerprint density at radius 3 is 2.40 bits per heavy atom. The quantitative estimate of drug-likeness (QED) is 0.772. The monoisotopic (exact) mass is 212 g/mol. The van der Waals surface area contributed by atoms with Crippen LogP contribution in [0.1, 0.15) is 40.5 Å².